The van der Waals surface area contributed by atoms with Crippen LogP contribution in [0.15, 0.2) is 53.6 Å². The molecule has 2 N–H and O–H groups in total. The second-order valence-electron chi connectivity index (χ2n) is 7.90. The van der Waals surface area contributed by atoms with Crippen LogP contribution in [0.5, 0.6) is 0 Å². The quantitative estimate of drug-likeness (QED) is 0.563. The van der Waals surface area contributed by atoms with Gasteiger partial charge < -0.3 is 15.5 Å². The van der Waals surface area contributed by atoms with Crippen LogP contribution in [0.3, 0.4) is 0 Å². The first-order chi connectivity index (χ1) is 15.2. The first-order valence-electron chi connectivity index (χ1n) is 10.1. The van der Waals surface area contributed by atoms with Gasteiger partial charge in [-0.1, -0.05) is 29.8 Å². The van der Waals surface area contributed by atoms with Crippen molar-refractivity contribution in [3.63, 3.8) is 0 Å². The Balaban J connectivity index is 1.61. The molecule has 168 valence electrons. The zero-order valence-corrected chi connectivity index (χ0v) is 19.7. The minimum atomic E-state index is -3.65. The second kappa shape index (κ2) is 9.03. The molecule has 0 saturated heterocycles. The van der Waals surface area contributed by atoms with Crippen LogP contribution in [0.25, 0.3) is 0 Å². The molecule has 1 aromatic heterocycles. The van der Waals surface area contributed by atoms with Gasteiger partial charge in [-0.3, -0.25) is 0 Å². The van der Waals surface area contributed by atoms with Gasteiger partial charge in [0, 0.05) is 32.9 Å². The van der Waals surface area contributed by atoms with E-state index in [1.54, 1.807) is 18.2 Å². The third kappa shape index (κ3) is 4.71. The maximum absolute atomic E-state index is 12.7. The number of nitrogens with zero attached hydrogens (tertiary/aromatic N) is 4. The van der Waals surface area contributed by atoms with E-state index in [0.717, 1.165) is 29.5 Å². The molecule has 32 heavy (non-hydrogen) atoms. The van der Waals surface area contributed by atoms with Crippen molar-refractivity contribution in [3.05, 3.63) is 64.8 Å². The van der Waals surface area contributed by atoms with E-state index in [1.807, 2.05) is 6.07 Å². The molecule has 0 saturated carbocycles. The van der Waals surface area contributed by atoms with E-state index in [2.05, 4.69) is 44.7 Å². The molecule has 0 fully saturated rings. The molecule has 1 aliphatic rings. The van der Waals surface area contributed by atoms with Crippen LogP contribution in [0.1, 0.15) is 11.1 Å². The molecule has 10 heteroatoms. The lowest BCUT2D eigenvalue weighted by atomic mass is 9.99. The Morgan fingerprint density at radius 2 is 1.88 bits per heavy atom. The van der Waals surface area contributed by atoms with Gasteiger partial charge in [0.25, 0.3) is 0 Å². The van der Waals surface area contributed by atoms with Crippen LogP contribution in [0.2, 0.25) is 5.02 Å². The number of sulfonamides is 1. The predicted octanol–water partition coefficient (Wildman–Crippen LogP) is 3.86. The summed E-state index contributed by atoms with van der Waals surface area (Å²) in [5, 5.41) is 6.55. The molecule has 0 atom stereocenters. The predicted molar refractivity (Wildman–Crippen MR) is 127 cm³/mol. The van der Waals surface area contributed by atoms with E-state index < -0.39 is 10.0 Å². The second-order valence-corrected chi connectivity index (χ2v) is 10.4. The van der Waals surface area contributed by atoms with Crippen molar-refractivity contribution in [2.75, 3.05) is 38.3 Å². The fourth-order valence-corrected chi connectivity index (χ4v) is 4.72. The SMILES string of the molecule is CN1CCc2ccc(Nc3ncc(Cl)c(Nc4ccccc4S(=O)(=O)N(C)C)n3)cc2C1. The molecular formula is C22H25ClN6O2S. The standard InChI is InChI=1S/C22H25ClN6O2S/c1-28(2)32(30,31)20-7-5-4-6-19(20)26-21-18(23)13-24-22(27-21)25-17-9-8-15-10-11-29(3)14-16(15)12-17/h4-9,12-13H,10-11,14H2,1-3H3,(H2,24,25,26,27). The molecule has 3 aromatic rings. The normalized spacial score (nSPS) is 14.3. The number of hydrogen-bond acceptors (Lipinski definition) is 7. The largest absolute Gasteiger partial charge is 0.338 e. The molecule has 0 aliphatic carbocycles. The summed E-state index contributed by atoms with van der Waals surface area (Å²) in [6, 6.07) is 12.9. The van der Waals surface area contributed by atoms with Crippen molar-refractivity contribution in [1.82, 2.24) is 19.2 Å². The Kier molecular flexibility index (Phi) is 6.34. The fraction of sp³-hybridized carbons (Fsp3) is 0.273. The number of nitrogens with one attached hydrogen (secondary N) is 2. The first-order valence-corrected chi connectivity index (χ1v) is 11.9. The number of likely N-dealkylation sites (N-methyl/N-ethyl adjacent to an activating group) is 1. The smallest absolute Gasteiger partial charge is 0.244 e. The Bertz CT molecular complexity index is 1250. The Morgan fingerprint density at radius 3 is 2.66 bits per heavy atom. The van der Waals surface area contributed by atoms with Gasteiger partial charge in [0.2, 0.25) is 16.0 Å². The summed E-state index contributed by atoms with van der Waals surface area (Å²) in [5.41, 5.74) is 3.89. The minimum absolute atomic E-state index is 0.132. The molecule has 0 bridgehead atoms. The summed E-state index contributed by atoms with van der Waals surface area (Å²) in [6.45, 7) is 1.95. The van der Waals surface area contributed by atoms with Gasteiger partial charge in [-0.15, -0.1) is 0 Å². The van der Waals surface area contributed by atoms with Crippen LogP contribution in [-0.2, 0) is 23.0 Å². The summed E-state index contributed by atoms with van der Waals surface area (Å²) < 4.78 is 26.5. The van der Waals surface area contributed by atoms with Crippen molar-refractivity contribution in [2.45, 2.75) is 17.9 Å². The van der Waals surface area contributed by atoms with Crippen molar-refractivity contribution in [2.24, 2.45) is 0 Å². The summed E-state index contributed by atoms with van der Waals surface area (Å²) in [4.78, 5) is 11.2. The molecule has 2 heterocycles. The van der Waals surface area contributed by atoms with E-state index in [-0.39, 0.29) is 9.92 Å². The van der Waals surface area contributed by atoms with Crippen LogP contribution in [-0.4, -0.2) is 55.3 Å². The highest BCUT2D eigenvalue weighted by molar-refractivity contribution is 7.89. The number of halogens is 1. The third-order valence-corrected chi connectivity index (χ3v) is 7.46. The van der Waals surface area contributed by atoms with Crippen LogP contribution < -0.4 is 10.6 Å². The molecular weight excluding hydrogens is 448 g/mol. The lowest BCUT2D eigenvalue weighted by Crippen LogP contribution is -2.26. The number of anilines is 4. The molecule has 0 spiro atoms. The molecule has 8 nitrogen and oxygen atoms in total. The minimum Gasteiger partial charge on any atom is -0.338 e. The highest BCUT2D eigenvalue weighted by atomic mass is 35.5. The van der Waals surface area contributed by atoms with Gasteiger partial charge in [0.1, 0.15) is 9.92 Å². The Labute approximate surface area is 193 Å². The average Bonchev–Trinajstić information content (AvgIpc) is 2.76. The van der Waals surface area contributed by atoms with Crippen molar-refractivity contribution >= 4 is 44.8 Å². The third-order valence-electron chi connectivity index (χ3n) is 5.31. The van der Waals surface area contributed by atoms with E-state index in [1.165, 1.54) is 37.5 Å². The maximum atomic E-state index is 12.7. The highest BCUT2D eigenvalue weighted by Crippen LogP contribution is 2.30. The van der Waals surface area contributed by atoms with E-state index in [0.29, 0.717) is 17.5 Å². The van der Waals surface area contributed by atoms with Crippen molar-refractivity contribution in [3.8, 4) is 0 Å². The summed E-state index contributed by atoms with van der Waals surface area (Å²) in [7, 11) is 1.44. The number of rotatable bonds is 6. The molecule has 0 radical (unpaired) electrons. The van der Waals surface area contributed by atoms with Gasteiger partial charge >= 0.3 is 0 Å². The fourth-order valence-electron chi connectivity index (χ4n) is 3.54. The summed E-state index contributed by atoms with van der Waals surface area (Å²) in [5.74, 6) is 0.664. The number of aromatic nitrogens is 2. The summed E-state index contributed by atoms with van der Waals surface area (Å²) >= 11 is 6.31. The van der Waals surface area contributed by atoms with Gasteiger partial charge in [-0.2, -0.15) is 4.98 Å². The van der Waals surface area contributed by atoms with Crippen molar-refractivity contribution < 1.29 is 8.42 Å². The molecule has 0 amide bonds. The van der Waals surface area contributed by atoms with Crippen molar-refractivity contribution in [1.29, 1.82) is 0 Å². The number of benzene rings is 2. The first kappa shape index (κ1) is 22.5. The highest BCUT2D eigenvalue weighted by Gasteiger charge is 2.22. The topological polar surface area (TPSA) is 90.5 Å². The Hall–Kier alpha value is -2.72. The zero-order valence-electron chi connectivity index (χ0n) is 18.1. The van der Waals surface area contributed by atoms with Crippen LogP contribution >= 0.6 is 11.6 Å². The number of hydrogen-bond donors (Lipinski definition) is 2. The lowest BCUT2D eigenvalue weighted by molar-refractivity contribution is 0.313. The molecule has 2 aromatic carbocycles. The number of para-hydroxylation sites is 1. The molecule has 0 unspecified atom stereocenters. The number of fused-ring (bicyclic) bond motifs is 1. The van der Waals surface area contributed by atoms with E-state index in [9.17, 15) is 8.42 Å². The molecule has 4 rings (SSSR count). The van der Waals surface area contributed by atoms with Gasteiger partial charge in [-0.25, -0.2) is 17.7 Å². The maximum Gasteiger partial charge on any atom is 0.244 e. The van der Waals surface area contributed by atoms with E-state index in [4.69, 9.17) is 11.6 Å². The average molecular weight is 473 g/mol. The van der Waals surface area contributed by atoms with Gasteiger partial charge in [-0.05, 0) is 48.9 Å². The Morgan fingerprint density at radius 1 is 1.09 bits per heavy atom. The summed E-state index contributed by atoms with van der Waals surface area (Å²) in [6.07, 6.45) is 2.52. The van der Waals surface area contributed by atoms with Crippen LogP contribution in [0, 0.1) is 0 Å². The van der Waals surface area contributed by atoms with E-state index >= 15 is 0 Å². The monoisotopic (exact) mass is 472 g/mol. The van der Waals surface area contributed by atoms with Crippen LogP contribution in [0.4, 0.5) is 23.1 Å². The zero-order chi connectivity index (χ0) is 22.9. The van der Waals surface area contributed by atoms with Gasteiger partial charge in [0.15, 0.2) is 5.82 Å². The van der Waals surface area contributed by atoms with Gasteiger partial charge in [0.05, 0.1) is 11.9 Å². The lowest BCUT2D eigenvalue weighted by Gasteiger charge is -2.25. The molecule has 1 aliphatic heterocycles.